The summed E-state index contributed by atoms with van der Waals surface area (Å²) >= 11 is 0. The monoisotopic (exact) mass is 466 g/mol. The molecule has 2 heterocycles. The van der Waals surface area contributed by atoms with Crippen LogP contribution in [0.4, 0.5) is 0 Å². The molecular formula is C26H34N4O4. The highest BCUT2D eigenvalue weighted by molar-refractivity contribution is 5.75. The molecule has 1 saturated carbocycles. The maximum Gasteiger partial charge on any atom is 0.333 e. The van der Waals surface area contributed by atoms with E-state index in [9.17, 15) is 14.4 Å². The average molecular weight is 467 g/mol. The summed E-state index contributed by atoms with van der Waals surface area (Å²) in [5.41, 5.74) is 0.227. The number of benzene rings is 1. The highest BCUT2D eigenvalue weighted by atomic mass is 16.5. The topological polar surface area (TPSA) is 88.1 Å². The summed E-state index contributed by atoms with van der Waals surface area (Å²) in [4.78, 5) is 44.4. The molecular weight excluding hydrogens is 432 g/mol. The molecule has 2 aromatic heterocycles. The lowest BCUT2D eigenvalue weighted by Crippen LogP contribution is -2.41. The first-order valence-corrected chi connectivity index (χ1v) is 12.2. The van der Waals surface area contributed by atoms with E-state index in [1.165, 1.54) is 4.57 Å². The van der Waals surface area contributed by atoms with Gasteiger partial charge < -0.3 is 4.74 Å². The van der Waals surface area contributed by atoms with E-state index in [4.69, 9.17) is 9.72 Å². The summed E-state index contributed by atoms with van der Waals surface area (Å²) in [7, 11) is 0. The lowest BCUT2D eigenvalue weighted by atomic mass is 9.98. The largest absolute Gasteiger partial charge is 0.443 e. The van der Waals surface area contributed by atoms with Crippen LogP contribution in [0.3, 0.4) is 0 Å². The Bertz CT molecular complexity index is 1290. The second-order valence-corrected chi connectivity index (χ2v) is 10.2. The van der Waals surface area contributed by atoms with Gasteiger partial charge in [0.05, 0.1) is 12.0 Å². The van der Waals surface area contributed by atoms with E-state index >= 15 is 0 Å². The second-order valence-electron chi connectivity index (χ2n) is 10.2. The molecule has 8 nitrogen and oxygen atoms in total. The molecule has 0 aliphatic heterocycles. The van der Waals surface area contributed by atoms with Crippen molar-refractivity contribution in [3.63, 3.8) is 0 Å². The molecule has 3 aromatic rings. The van der Waals surface area contributed by atoms with Gasteiger partial charge in [0.25, 0.3) is 5.56 Å². The summed E-state index contributed by atoms with van der Waals surface area (Å²) in [5.74, 6) is 0.542. The van der Waals surface area contributed by atoms with Gasteiger partial charge in [-0.05, 0) is 45.6 Å². The predicted molar refractivity (Wildman–Crippen MR) is 131 cm³/mol. The molecule has 1 aromatic carbocycles. The van der Waals surface area contributed by atoms with Crippen LogP contribution in [-0.2, 0) is 29.4 Å². The third-order valence-electron chi connectivity index (χ3n) is 6.43. The van der Waals surface area contributed by atoms with Crippen LogP contribution < -0.4 is 11.2 Å². The van der Waals surface area contributed by atoms with Gasteiger partial charge in [-0.15, -0.1) is 0 Å². The van der Waals surface area contributed by atoms with Gasteiger partial charge in [0.2, 0.25) is 0 Å². The van der Waals surface area contributed by atoms with Crippen molar-refractivity contribution in [3.8, 4) is 0 Å². The van der Waals surface area contributed by atoms with Gasteiger partial charge in [-0.25, -0.2) is 9.78 Å². The molecule has 1 fully saturated rings. The van der Waals surface area contributed by atoms with Gasteiger partial charge in [0.15, 0.2) is 17.9 Å². The number of ether oxygens (including phenoxy) is 1. The summed E-state index contributed by atoms with van der Waals surface area (Å²) in [6.07, 6.45) is 4.75. The summed E-state index contributed by atoms with van der Waals surface area (Å²) in [5, 5.41) is 0. The molecule has 0 unspecified atom stereocenters. The Labute approximate surface area is 199 Å². The lowest BCUT2D eigenvalue weighted by molar-refractivity contribution is -0.156. The van der Waals surface area contributed by atoms with Gasteiger partial charge in [-0.1, -0.05) is 50.1 Å². The maximum atomic E-state index is 13.6. The quantitative estimate of drug-likeness (QED) is 0.491. The Morgan fingerprint density at radius 2 is 1.74 bits per heavy atom. The number of fused-ring (bicyclic) bond motifs is 1. The minimum Gasteiger partial charge on any atom is -0.443 e. The van der Waals surface area contributed by atoms with E-state index in [1.54, 1.807) is 29.9 Å². The van der Waals surface area contributed by atoms with E-state index in [2.05, 4.69) is 0 Å². The first-order chi connectivity index (χ1) is 16.2. The van der Waals surface area contributed by atoms with Gasteiger partial charge in [-0.3, -0.25) is 23.3 Å². The average Bonchev–Trinajstić information content (AvgIpc) is 3.46. The Kier molecular flexibility index (Phi) is 6.77. The first kappa shape index (κ1) is 24.0. The zero-order chi connectivity index (χ0) is 24.5. The molecule has 0 radical (unpaired) electrons. The van der Waals surface area contributed by atoms with E-state index in [1.807, 2.05) is 37.3 Å². The Morgan fingerprint density at radius 1 is 1.06 bits per heavy atom. The van der Waals surface area contributed by atoms with Crippen LogP contribution in [0, 0.1) is 5.41 Å². The second kappa shape index (κ2) is 9.60. The highest BCUT2D eigenvalue weighted by Gasteiger charge is 2.29. The number of rotatable bonds is 7. The van der Waals surface area contributed by atoms with Gasteiger partial charge in [-0.2, -0.15) is 0 Å². The van der Waals surface area contributed by atoms with E-state index in [-0.39, 0.29) is 29.9 Å². The van der Waals surface area contributed by atoms with Crippen LogP contribution >= 0.6 is 0 Å². The van der Waals surface area contributed by atoms with Crippen molar-refractivity contribution in [1.29, 1.82) is 0 Å². The number of hydrogen-bond donors (Lipinski definition) is 0. The predicted octanol–water partition coefficient (Wildman–Crippen LogP) is 4.02. The number of aromatic nitrogens is 4. The van der Waals surface area contributed by atoms with Crippen LogP contribution in [0.1, 0.15) is 77.1 Å². The maximum absolute atomic E-state index is 13.6. The molecule has 0 atom stereocenters. The molecule has 182 valence electrons. The smallest absolute Gasteiger partial charge is 0.333 e. The van der Waals surface area contributed by atoms with Crippen LogP contribution in [0.25, 0.3) is 11.2 Å². The van der Waals surface area contributed by atoms with Crippen molar-refractivity contribution in [2.75, 3.05) is 0 Å². The molecule has 1 aliphatic rings. The zero-order valence-electron chi connectivity index (χ0n) is 20.5. The summed E-state index contributed by atoms with van der Waals surface area (Å²) in [6.45, 7) is 7.85. The fraction of sp³-hybridized carbons (Fsp3) is 0.538. The molecule has 8 heteroatoms. The molecule has 34 heavy (non-hydrogen) atoms. The Hall–Kier alpha value is -3.16. The Balaban J connectivity index is 1.94. The molecule has 0 amide bonds. The fourth-order valence-corrected chi connectivity index (χ4v) is 4.60. The summed E-state index contributed by atoms with van der Waals surface area (Å²) in [6, 6.07) is 9.68. The minimum atomic E-state index is -0.665. The molecule has 0 saturated heterocycles. The standard InChI is InChI=1S/C26H34N4O4/c1-5-15-28-23(31)20-22(29(25(28)33)16-18-11-7-6-8-12-18)27-21(19-13-9-10-14-19)30(20)17-34-24(32)26(2,3)4/h6-8,11-12,19H,5,9-10,13-17H2,1-4H3. The zero-order valence-corrected chi connectivity index (χ0v) is 20.5. The van der Waals surface area contributed by atoms with E-state index in [0.29, 0.717) is 30.7 Å². The molecule has 0 spiro atoms. The van der Waals surface area contributed by atoms with Crippen LogP contribution in [-0.4, -0.2) is 24.7 Å². The van der Waals surface area contributed by atoms with Gasteiger partial charge in [0, 0.05) is 12.5 Å². The number of carbonyl (C=O) groups excluding carboxylic acids is 1. The molecule has 0 N–H and O–H groups in total. The number of hydrogen-bond acceptors (Lipinski definition) is 5. The molecule has 0 bridgehead atoms. The molecule has 4 rings (SSSR count). The normalized spacial score (nSPS) is 14.7. The highest BCUT2D eigenvalue weighted by Crippen LogP contribution is 2.35. The minimum absolute atomic E-state index is 0.0939. The van der Waals surface area contributed by atoms with Crippen molar-refractivity contribution < 1.29 is 9.53 Å². The Morgan fingerprint density at radius 3 is 2.35 bits per heavy atom. The van der Waals surface area contributed by atoms with Crippen LogP contribution in [0.2, 0.25) is 0 Å². The van der Waals surface area contributed by atoms with Crippen LogP contribution in [0.15, 0.2) is 39.9 Å². The van der Waals surface area contributed by atoms with Crippen molar-refractivity contribution in [2.45, 2.75) is 85.5 Å². The number of nitrogens with zero attached hydrogens (tertiary/aromatic N) is 4. The third-order valence-corrected chi connectivity index (χ3v) is 6.43. The van der Waals surface area contributed by atoms with Crippen molar-refractivity contribution in [2.24, 2.45) is 5.41 Å². The number of carbonyl (C=O) groups is 1. The van der Waals surface area contributed by atoms with Gasteiger partial charge >= 0.3 is 11.7 Å². The van der Waals surface area contributed by atoms with Crippen LogP contribution in [0.5, 0.6) is 0 Å². The third kappa shape index (κ3) is 4.58. The number of esters is 1. The van der Waals surface area contributed by atoms with E-state index in [0.717, 1.165) is 37.1 Å². The SMILES string of the molecule is CCCn1c(=O)c2c(nc(C3CCCC3)n2COC(=O)C(C)(C)C)n(Cc2ccccc2)c1=O. The van der Waals surface area contributed by atoms with Gasteiger partial charge in [0.1, 0.15) is 5.82 Å². The van der Waals surface area contributed by atoms with Crippen molar-refractivity contribution in [3.05, 3.63) is 62.6 Å². The van der Waals surface area contributed by atoms with Crippen molar-refractivity contribution in [1.82, 2.24) is 18.7 Å². The van der Waals surface area contributed by atoms with E-state index < -0.39 is 5.41 Å². The first-order valence-electron chi connectivity index (χ1n) is 12.2. The van der Waals surface area contributed by atoms with Crippen molar-refractivity contribution >= 4 is 17.1 Å². The number of imidazole rings is 1. The molecule has 1 aliphatic carbocycles. The lowest BCUT2D eigenvalue weighted by Gasteiger charge is -2.19. The fourth-order valence-electron chi connectivity index (χ4n) is 4.60. The summed E-state index contributed by atoms with van der Waals surface area (Å²) < 4.78 is 10.3.